The van der Waals surface area contributed by atoms with Gasteiger partial charge in [0.15, 0.2) is 9.84 Å². The summed E-state index contributed by atoms with van der Waals surface area (Å²) in [4.78, 5) is 10.1. The molecule has 2 aromatic rings. The SMILES string of the molecule is Cc1oc(C(=O)O)cc1CS(=O)(=O)c1ccc(F)cc1F. The van der Waals surface area contributed by atoms with Crippen LogP contribution in [0.3, 0.4) is 0 Å². The highest BCUT2D eigenvalue weighted by molar-refractivity contribution is 7.90. The summed E-state index contributed by atoms with van der Waals surface area (Å²) in [5, 5.41) is 8.77. The summed E-state index contributed by atoms with van der Waals surface area (Å²) < 4.78 is 55.5. The number of sulfone groups is 1. The van der Waals surface area contributed by atoms with Crippen LogP contribution in [0.1, 0.15) is 21.9 Å². The lowest BCUT2D eigenvalue weighted by Crippen LogP contribution is -2.08. The molecule has 0 radical (unpaired) electrons. The van der Waals surface area contributed by atoms with Crippen molar-refractivity contribution in [2.45, 2.75) is 17.6 Å². The minimum absolute atomic E-state index is 0.108. The number of furan rings is 1. The van der Waals surface area contributed by atoms with Crippen molar-refractivity contribution in [2.75, 3.05) is 0 Å². The number of aryl methyl sites for hydroxylation is 1. The van der Waals surface area contributed by atoms with E-state index in [1.54, 1.807) is 0 Å². The van der Waals surface area contributed by atoms with E-state index in [-0.39, 0.29) is 11.3 Å². The maximum Gasteiger partial charge on any atom is 0.371 e. The summed E-state index contributed by atoms with van der Waals surface area (Å²) >= 11 is 0. The smallest absolute Gasteiger partial charge is 0.371 e. The van der Waals surface area contributed by atoms with Gasteiger partial charge in [-0.2, -0.15) is 0 Å². The monoisotopic (exact) mass is 316 g/mol. The van der Waals surface area contributed by atoms with Crippen LogP contribution in [-0.2, 0) is 15.6 Å². The molecule has 5 nitrogen and oxygen atoms in total. The van der Waals surface area contributed by atoms with E-state index in [0.29, 0.717) is 6.07 Å². The van der Waals surface area contributed by atoms with E-state index in [1.807, 2.05) is 0 Å². The van der Waals surface area contributed by atoms with Crippen molar-refractivity contribution in [3.63, 3.8) is 0 Å². The standard InChI is InChI=1S/C13H10F2O5S/c1-7-8(4-11(20-7)13(16)17)6-21(18,19)12-3-2-9(14)5-10(12)15/h2-5H,6H2,1H3,(H,16,17). The van der Waals surface area contributed by atoms with Crippen LogP contribution in [0.5, 0.6) is 0 Å². The molecule has 8 heteroatoms. The van der Waals surface area contributed by atoms with E-state index >= 15 is 0 Å². The minimum atomic E-state index is -4.09. The molecular weight excluding hydrogens is 306 g/mol. The zero-order chi connectivity index (χ0) is 15.8. The van der Waals surface area contributed by atoms with Crippen LogP contribution < -0.4 is 0 Å². The number of halogens is 2. The third-order valence-corrected chi connectivity index (χ3v) is 4.50. The van der Waals surface area contributed by atoms with Crippen LogP contribution in [0.25, 0.3) is 0 Å². The van der Waals surface area contributed by atoms with Gasteiger partial charge in [-0.3, -0.25) is 0 Å². The van der Waals surface area contributed by atoms with Gasteiger partial charge in [-0.1, -0.05) is 0 Å². The lowest BCUT2D eigenvalue weighted by molar-refractivity contribution is 0.0661. The van der Waals surface area contributed by atoms with E-state index in [0.717, 1.165) is 18.2 Å². The first-order chi connectivity index (χ1) is 9.70. The minimum Gasteiger partial charge on any atom is -0.475 e. The van der Waals surface area contributed by atoms with E-state index in [9.17, 15) is 22.0 Å². The predicted octanol–water partition coefficient (Wildman–Crippen LogP) is 2.54. The Morgan fingerprint density at radius 2 is 1.95 bits per heavy atom. The summed E-state index contributed by atoms with van der Waals surface area (Å²) in [7, 11) is -4.09. The summed E-state index contributed by atoms with van der Waals surface area (Å²) in [6.45, 7) is 1.40. The lowest BCUT2D eigenvalue weighted by Gasteiger charge is -2.05. The number of carbonyl (C=O) groups is 1. The maximum atomic E-state index is 13.5. The van der Waals surface area contributed by atoms with E-state index < -0.39 is 43.8 Å². The predicted molar refractivity (Wildman–Crippen MR) is 67.7 cm³/mol. The van der Waals surface area contributed by atoms with Crippen LogP contribution in [0.4, 0.5) is 8.78 Å². The highest BCUT2D eigenvalue weighted by Crippen LogP contribution is 2.24. The van der Waals surface area contributed by atoms with Crippen molar-refractivity contribution in [3.05, 3.63) is 53.0 Å². The third-order valence-electron chi connectivity index (χ3n) is 2.81. The molecule has 0 aliphatic carbocycles. The van der Waals surface area contributed by atoms with E-state index in [1.165, 1.54) is 6.92 Å². The normalized spacial score (nSPS) is 11.6. The Morgan fingerprint density at radius 1 is 1.29 bits per heavy atom. The fourth-order valence-electron chi connectivity index (χ4n) is 1.78. The quantitative estimate of drug-likeness (QED) is 0.876. The van der Waals surface area contributed by atoms with Crippen LogP contribution in [0.15, 0.2) is 33.6 Å². The van der Waals surface area contributed by atoms with Crippen LogP contribution in [0.2, 0.25) is 0 Å². The van der Waals surface area contributed by atoms with Gasteiger partial charge < -0.3 is 9.52 Å². The largest absolute Gasteiger partial charge is 0.475 e. The molecule has 1 aromatic carbocycles. The van der Waals surface area contributed by atoms with E-state index in [4.69, 9.17) is 9.52 Å². The summed E-state index contributed by atoms with van der Waals surface area (Å²) in [6, 6.07) is 3.20. The summed E-state index contributed by atoms with van der Waals surface area (Å²) in [5.74, 6) is -4.36. The number of rotatable bonds is 4. The lowest BCUT2D eigenvalue weighted by atomic mass is 10.3. The highest BCUT2D eigenvalue weighted by atomic mass is 32.2. The second-order valence-electron chi connectivity index (χ2n) is 4.33. The van der Waals surface area contributed by atoms with Crippen molar-refractivity contribution in [3.8, 4) is 0 Å². The molecule has 0 bridgehead atoms. The molecule has 1 N–H and O–H groups in total. The van der Waals surface area contributed by atoms with Crippen LogP contribution in [0, 0.1) is 18.6 Å². The second-order valence-corrected chi connectivity index (χ2v) is 6.29. The molecule has 0 saturated carbocycles. The van der Waals surface area contributed by atoms with Gasteiger partial charge in [0.05, 0.1) is 5.75 Å². The van der Waals surface area contributed by atoms with Gasteiger partial charge in [0.25, 0.3) is 0 Å². The Labute approximate surface area is 118 Å². The molecular formula is C13H10F2O5S. The van der Waals surface area contributed by atoms with Crippen molar-refractivity contribution < 1.29 is 31.5 Å². The number of aromatic carboxylic acids is 1. The first-order valence-corrected chi connectivity index (χ1v) is 7.36. The Bertz CT molecular complexity index is 808. The molecule has 112 valence electrons. The first-order valence-electron chi connectivity index (χ1n) is 5.71. The molecule has 0 aliphatic heterocycles. The van der Waals surface area contributed by atoms with Crippen LogP contribution in [-0.4, -0.2) is 19.5 Å². The molecule has 1 aromatic heterocycles. The van der Waals surface area contributed by atoms with Gasteiger partial charge in [-0.25, -0.2) is 22.0 Å². The average Bonchev–Trinajstić information content (AvgIpc) is 2.70. The zero-order valence-electron chi connectivity index (χ0n) is 10.8. The second kappa shape index (κ2) is 5.28. The van der Waals surface area contributed by atoms with Gasteiger partial charge in [-0.05, 0) is 25.1 Å². The topological polar surface area (TPSA) is 84.6 Å². The summed E-state index contributed by atoms with van der Waals surface area (Å²) in [6.07, 6.45) is 0. The third kappa shape index (κ3) is 3.10. The van der Waals surface area contributed by atoms with Crippen LogP contribution >= 0.6 is 0 Å². The van der Waals surface area contributed by atoms with Crippen molar-refractivity contribution in [2.24, 2.45) is 0 Å². The number of hydrogen-bond donors (Lipinski definition) is 1. The molecule has 0 saturated heterocycles. The number of carboxylic acids is 1. The Balaban J connectivity index is 2.40. The fraction of sp³-hybridized carbons (Fsp3) is 0.154. The Morgan fingerprint density at radius 3 is 2.48 bits per heavy atom. The molecule has 2 rings (SSSR count). The van der Waals surface area contributed by atoms with Gasteiger partial charge in [0, 0.05) is 11.6 Å². The fourth-order valence-corrected chi connectivity index (χ4v) is 3.26. The Kier molecular flexibility index (Phi) is 3.82. The molecule has 0 aliphatic rings. The number of carboxylic acid groups (broad SMARTS) is 1. The number of benzene rings is 1. The number of hydrogen-bond acceptors (Lipinski definition) is 4. The van der Waals surface area contributed by atoms with Crippen molar-refractivity contribution in [1.82, 2.24) is 0 Å². The first kappa shape index (κ1) is 15.2. The molecule has 0 unspecified atom stereocenters. The van der Waals surface area contributed by atoms with Gasteiger partial charge in [0.2, 0.25) is 5.76 Å². The maximum absolute atomic E-state index is 13.5. The molecule has 21 heavy (non-hydrogen) atoms. The van der Waals surface area contributed by atoms with E-state index in [2.05, 4.69) is 0 Å². The molecule has 1 heterocycles. The van der Waals surface area contributed by atoms with Gasteiger partial charge >= 0.3 is 5.97 Å². The zero-order valence-corrected chi connectivity index (χ0v) is 11.6. The van der Waals surface area contributed by atoms with Gasteiger partial charge in [-0.15, -0.1) is 0 Å². The molecule has 0 amide bonds. The molecule has 0 spiro atoms. The average molecular weight is 316 g/mol. The van der Waals surface area contributed by atoms with Gasteiger partial charge in [0.1, 0.15) is 22.3 Å². The van der Waals surface area contributed by atoms with Crippen molar-refractivity contribution in [1.29, 1.82) is 0 Å². The summed E-state index contributed by atoms with van der Waals surface area (Å²) in [5.41, 5.74) is 0.108. The van der Waals surface area contributed by atoms with Crippen molar-refractivity contribution >= 4 is 15.8 Å². The Hall–Kier alpha value is -2.22. The molecule has 0 atom stereocenters. The highest BCUT2D eigenvalue weighted by Gasteiger charge is 2.24. The molecule has 0 fully saturated rings.